The van der Waals surface area contributed by atoms with E-state index in [1.54, 1.807) is 4.90 Å². The first kappa shape index (κ1) is 25.6. The topological polar surface area (TPSA) is 70.6 Å². The van der Waals surface area contributed by atoms with Gasteiger partial charge in [0.15, 0.2) is 15.0 Å². The molecule has 0 bridgehead atoms. The highest BCUT2D eigenvalue weighted by molar-refractivity contribution is 7.91. The van der Waals surface area contributed by atoms with Crippen LogP contribution in [-0.2, 0) is 14.6 Å². The fourth-order valence-corrected chi connectivity index (χ4v) is 5.92. The van der Waals surface area contributed by atoms with Crippen molar-refractivity contribution in [3.8, 4) is 0 Å². The zero-order valence-corrected chi connectivity index (χ0v) is 21.2. The lowest BCUT2D eigenvalue weighted by atomic mass is 10.2. The van der Waals surface area contributed by atoms with Crippen LogP contribution in [0.15, 0.2) is 41.3 Å². The SMILES string of the molecule is Cc1c(Cl)ccc2sc(N(CCCN(C)C)C(=O)CCCS(=O)(=O)c3ccc(F)cc3)nc12. The number of aromatic nitrogens is 1. The molecule has 178 valence electrons. The van der Waals surface area contributed by atoms with Gasteiger partial charge in [-0.05, 0) is 82.4 Å². The lowest BCUT2D eigenvalue weighted by Gasteiger charge is -2.21. The summed E-state index contributed by atoms with van der Waals surface area (Å²) in [6.45, 7) is 3.18. The van der Waals surface area contributed by atoms with Crippen LogP contribution in [0.5, 0.6) is 0 Å². The number of amides is 1. The third kappa shape index (κ3) is 6.50. The van der Waals surface area contributed by atoms with E-state index in [4.69, 9.17) is 11.6 Å². The molecule has 0 unspecified atom stereocenters. The molecule has 0 aliphatic heterocycles. The number of hydrogen-bond acceptors (Lipinski definition) is 6. The van der Waals surface area contributed by atoms with Crippen molar-refractivity contribution in [3.63, 3.8) is 0 Å². The predicted octanol–water partition coefficient (Wildman–Crippen LogP) is 4.94. The summed E-state index contributed by atoms with van der Waals surface area (Å²) in [5.74, 6) is -0.861. The molecular weight excluding hydrogens is 485 g/mol. The van der Waals surface area contributed by atoms with E-state index in [0.29, 0.717) is 16.7 Å². The van der Waals surface area contributed by atoms with Crippen LogP contribution in [0.4, 0.5) is 9.52 Å². The lowest BCUT2D eigenvalue weighted by molar-refractivity contribution is -0.118. The van der Waals surface area contributed by atoms with Crippen LogP contribution < -0.4 is 4.90 Å². The number of hydrogen-bond donors (Lipinski definition) is 0. The minimum Gasteiger partial charge on any atom is -0.309 e. The number of anilines is 1. The van der Waals surface area contributed by atoms with Crippen molar-refractivity contribution in [3.05, 3.63) is 52.8 Å². The fourth-order valence-electron chi connectivity index (χ4n) is 3.38. The predicted molar refractivity (Wildman–Crippen MR) is 133 cm³/mol. The number of aryl methyl sites for hydroxylation is 1. The molecule has 1 amide bonds. The number of nitrogens with zero attached hydrogens (tertiary/aromatic N) is 3. The number of benzene rings is 2. The minimum absolute atomic E-state index is 0.0534. The Hall–Kier alpha value is -2.07. The van der Waals surface area contributed by atoms with E-state index in [0.717, 1.165) is 40.9 Å². The second-order valence-electron chi connectivity index (χ2n) is 8.09. The highest BCUT2D eigenvalue weighted by Gasteiger charge is 2.22. The fraction of sp³-hybridized carbons (Fsp3) is 0.391. The van der Waals surface area contributed by atoms with E-state index in [-0.39, 0.29) is 29.4 Å². The standard InChI is InChI=1S/C23H27ClFN3O3S2/c1-16-19(24)11-12-20-22(16)26-23(32-20)28(14-5-13-27(2)3)21(29)6-4-15-33(30,31)18-9-7-17(25)8-10-18/h7-12H,4-6,13-15H2,1-3H3. The zero-order chi connectivity index (χ0) is 24.2. The second kappa shape index (κ2) is 10.9. The van der Waals surface area contributed by atoms with Crippen LogP contribution in [0.3, 0.4) is 0 Å². The van der Waals surface area contributed by atoms with Gasteiger partial charge < -0.3 is 4.90 Å². The third-order valence-electron chi connectivity index (χ3n) is 5.23. The van der Waals surface area contributed by atoms with Gasteiger partial charge in [0, 0.05) is 18.0 Å². The van der Waals surface area contributed by atoms with Gasteiger partial charge in [0.2, 0.25) is 5.91 Å². The van der Waals surface area contributed by atoms with E-state index >= 15 is 0 Å². The largest absolute Gasteiger partial charge is 0.309 e. The van der Waals surface area contributed by atoms with Crippen LogP contribution in [0, 0.1) is 12.7 Å². The Morgan fingerprint density at radius 2 is 1.79 bits per heavy atom. The second-order valence-corrected chi connectivity index (χ2v) is 11.6. The van der Waals surface area contributed by atoms with Crippen LogP contribution in [0.2, 0.25) is 5.02 Å². The molecule has 0 aliphatic carbocycles. The zero-order valence-electron chi connectivity index (χ0n) is 18.8. The van der Waals surface area contributed by atoms with Crippen molar-refractivity contribution in [1.82, 2.24) is 9.88 Å². The van der Waals surface area contributed by atoms with Crippen molar-refractivity contribution in [2.75, 3.05) is 37.8 Å². The number of carbonyl (C=O) groups excluding carboxylic acids is 1. The Morgan fingerprint density at radius 1 is 1.09 bits per heavy atom. The Morgan fingerprint density at radius 3 is 2.45 bits per heavy atom. The Balaban J connectivity index is 1.74. The number of carbonyl (C=O) groups is 1. The highest BCUT2D eigenvalue weighted by Crippen LogP contribution is 2.34. The summed E-state index contributed by atoms with van der Waals surface area (Å²) >= 11 is 7.65. The van der Waals surface area contributed by atoms with Gasteiger partial charge in [0.25, 0.3) is 0 Å². The Labute approximate surface area is 202 Å². The van der Waals surface area contributed by atoms with Crippen LogP contribution in [0.25, 0.3) is 10.2 Å². The molecular formula is C23H27ClFN3O3S2. The molecule has 0 spiro atoms. The molecule has 33 heavy (non-hydrogen) atoms. The summed E-state index contributed by atoms with van der Waals surface area (Å²) in [6, 6.07) is 8.43. The number of sulfone groups is 1. The molecule has 10 heteroatoms. The molecule has 3 aromatic rings. The maximum absolute atomic E-state index is 13.1. The van der Waals surface area contributed by atoms with Gasteiger partial charge in [-0.15, -0.1) is 0 Å². The number of fused-ring (bicyclic) bond motifs is 1. The van der Waals surface area contributed by atoms with Crippen molar-refractivity contribution in [1.29, 1.82) is 0 Å². The van der Waals surface area contributed by atoms with E-state index < -0.39 is 15.7 Å². The molecule has 1 aromatic heterocycles. The summed E-state index contributed by atoms with van der Waals surface area (Å²) in [7, 11) is 0.342. The first-order valence-electron chi connectivity index (χ1n) is 10.6. The monoisotopic (exact) mass is 511 g/mol. The van der Waals surface area contributed by atoms with Gasteiger partial charge in [0.1, 0.15) is 5.82 Å². The molecule has 0 saturated heterocycles. The summed E-state index contributed by atoms with van der Waals surface area (Å²) < 4.78 is 39.1. The van der Waals surface area contributed by atoms with Crippen molar-refractivity contribution >= 4 is 54.0 Å². The van der Waals surface area contributed by atoms with Gasteiger partial charge in [-0.1, -0.05) is 22.9 Å². The average molecular weight is 512 g/mol. The van der Waals surface area contributed by atoms with Crippen LogP contribution in [0.1, 0.15) is 24.8 Å². The first-order valence-corrected chi connectivity index (χ1v) is 13.4. The summed E-state index contributed by atoms with van der Waals surface area (Å²) in [4.78, 5) is 21.5. The maximum Gasteiger partial charge on any atom is 0.228 e. The molecule has 2 aromatic carbocycles. The lowest BCUT2D eigenvalue weighted by Crippen LogP contribution is -2.33. The van der Waals surface area contributed by atoms with Gasteiger partial charge >= 0.3 is 0 Å². The number of rotatable bonds is 10. The quantitative estimate of drug-likeness (QED) is 0.361. The summed E-state index contributed by atoms with van der Waals surface area (Å²) in [5.41, 5.74) is 1.63. The minimum atomic E-state index is -3.59. The normalized spacial score (nSPS) is 11.9. The number of thiazole rings is 1. The molecule has 0 atom stereocenters. The van der Waals surface area contributed by atoms with E-state index in [1.807, 2.05) is 38.1 Å². The highest BCUT2D eigenvalue weighted by atomic mass is 35.5. The average Bonchev–Trinajstić information content (AvgIpc) is 3.18. The van der Waals surface area contributed by atoms with Crippen molar-refractivity contribution in [2.45, 2.75) is 31.1 Å². The van der Waals surface area contributed by atoms with Gasteiger partial charge in [-0.25, -0.2) is 17.8 Å². The molecule has 0 radical (unpaired) electrons. The van der Waals surface area contributed by atoms with Gasteiger partial charge in [0.05, 0.1) is 20.9 Å². The van der Waals surface area contributed by atoms with E-state index in [1.165, 1.54) is 23.5 Å². The molecule has 0 aliphatic rings. The smallest absolute Gasteiger partial charge is 0.228 e. The molecule has 6 nitrogen and oxygen atoms in total. The molecule has 3 rings (SSSR count). The Kier molecular flexibility index (Phi) is 8.44. The van der Waals surface area contributed by atoms with E-state index in [9.17, 15) is 17.6 Å². The first-order chi connectivity index (χ1) is 15.6. The molecule has 0 N–H and O–H groups in total. The maximum atomic E-state index is 13.1. The molecule has 0 fully saturated rings. The van der Waals surface area contributed by atoms with E-state index in [2.05, 4.69) is 4.98 Å². The van der Waals surface area contributed by atoms with Gasteiger partial charge in [-0.3, -0.25) is 9.69 Å². The summed E-state index contributed by atoms with van der Waals surface area (Å²) in [5, 5.41) is 1.20. The van der Waals surface area contributed by atoms with Crippen LogP contribution in [-0.4, -0.2) is 57.1 Å². The molecule has 1 heterocycles. The summed E-state index contributed by atoms with van der Waals surface area (Å²) in [6.07, 6.45) is 0.985. The number of halogens is 2. The molecule has 0 saturated carbocycles. The van der Waals surface area contributed by atoms with Crippen molar-refractivity contribution < 1.29 is 17.6 Å². The van der Waals surface area contributed by atoms with Crippen LogP contribution >= 0.6 is 22.9 Å². The third-order valence-corrected chi connectivity index (χ3v) is 8.50. The van der Waals surface area contributed by atoms with Crippen molar-refractivity contribution in [2.24, 2.45) is 0 Å². The van der Waals surface area contributed by atoms with Gasteiger partial charge in [-0.2, -0.15) is 0 Å². The Bertz CT molecular complexity index is 1230.